The Kier molecular flexibility index (Phi) is 4.16. The second kappa shape index (κ2) is 5.65. The van der Waals surface area contributed by atoms with Crippen LogP contribution < -0.4 is 16.4 Å². The minimum Gasteiger partial charge on any atom is -0.351 e. The van der Waals surface area contributed by atoms with Crippen molar-refractivity contribution in [2.45, 2.75) is 25.0 Å². The third-order valence-electron chi connectivity index (χ3n) is 2.93. The van der Waals surface area contributed by atoms with Crippen molar-refractivity contribution >= 4 is 17.5 Å². The smallest absolute Gasteiger partial charge is 0.237 e. The Morgan fingerprint density at radius 3 is 3.00 bits per heavy atom. The fraction of sp³-hybridized carbons (Fsp3) is 0.417. The summed E-state index contributed by atoms with van der Waals surface area (Å²) >= 11 is 5.66. The van der Waals surface area contributed by atoms with Crippen LogP contribution in [0.4, 0.5) is 4.39 Å². The molecule has 0 aliphatic carbocycles. The largest absolute Gasteiger partial charge is 0.351 e. The first-order valence-electron chi connectivity index (χ1n) is 5.77. The normalized spacial score (nSPS) is 23.1. The molecule has 1 saturated heterocycles. The molecule has 2 rings (SSSR count). The number of nitrogens with two attached hydrogens (primary N) is 1. The van der Waals surface area contributed by atoms with Gasteiger partial charge in [-0.1, -0.05) is 17.7 Å². The molecule has 0 saturated carbocycles. The zero-order valence-electron chi connectivity index (χ0n) is 9.75. The maximum absolute atomic E-state index is 12.9. The highest BCUT2D eigenvalue weighted by Crippen LogP contribution is 2.16. The third kappa shape index (κ3) is 3.19. The summed E-state index contributed by atoms with van der Waals surface area (Å²) in [6, 6.07) is 4.17. The van der Waals surface area contributed by atoms with Crippen molar-refractivity contribution < 1.29 is 9.18 Å². The van der Waals surface area contributed by atoms with Gasteiger partial charge in [0.05, 0.1) is 11.1 Å². The van der Waals surface area contributed by atoms with Crippen molar-refractivity contribution in [3.05, 3.63) is 34.6 Å². The van der Waals surface area contributed by atoms with Crippen LogP contribution in [-0.2, 0) is 11.3 Å². The lowest BCUT2D eigenvalue weighted by atomic mass is 10.1. The summed E-state index contributed by atoms with van der Waals surface area (Å²) in [6.45, 7) is 0.979. The van der Waals surface area contributed by atoms with Crippen molar-refractivity contribution in [1.29, 1.82) is 0 Å². The molecule has 0 bridgehead atoms. The Labute approximate surface area is 110 Å². The van der Waals surface area contributed by atoms with Crippen molar-refractivity contribution in [2.24, 2.45) is 5.73 Å². The van der Waals surface area contributed by atoms with Gasteiger partial charge < -0.3 is 16.4 Å². The fourth-order valence-corrected chi connectivity index (χ4v) is 2.13. The van der Waals surface area contributed by atoms with Gasteiger partial charge in [-0.15, -0.1) is 0 Å². The van der Waals surface area contributed by atoms with Crippen LogP contribution in [0.25, 0.3) is 0 Å². The molecule has 0 radical (unpaired) electrons. The highest BCUT2D eigenvalue weighted by atomic mass is 35.5. The number of hydrogen-bond acceptors (Lipinski definition) is 3. The van der Waals surface area contributed by atoms with Gasteiger partial charge in [-0.3, -0.25) is 4.79 Å². The molecule has 1 fully saturated rings. The van der Waals surface area contributed by atoms with Gasteiger partial charge in [0.15, 0.2) is 0 Å². The molecule has 0 unspecified atom stereocenters. The number of amides is 1. The Hall–Kier alpha value is -1.17. The molecule has 98 valence electrons. The van der Waals surface area contributed by atoms with E-state index in [9.17, 15) is 9.18 Å². The first kappa shape index (κ1) is 13.3. The summed E-state index contributed by atoms with van der Waals surface area (Å²) in [5, 5.41) is 5.87. The van der Waals surface area contributed by atoms with E-state index < -0.39 is 5.82 Å². The predicted molar refractivity (Wildman–Crippen MR) is 67.6 cm³/mol. The van der Waals surface area contributed by atoms with E-state index in [1.54, 1.807) is 6.07 Å². The molecule has 2 atom stereocenters. The summed E-state index contributed by atoms with van der Waals surface area (Å²) in [5.74, 6) is -0.557. The summed E-state index contributed by atoms with van der Waals surface area (Å²) in [7, 11) is 0. The minimum absolute atomic E-state index is 0.0287. The summed E-state index contributed by atoms with van der Waals surface area (Å²) < 4.78 is 12.9. The Morgan fingerprint density at radius 1 is 1.61 bits per heavy atom. The van der Waals surface area contributed by atoms with E-state index in [0.717, 1.165) is 5.56 Å². The summed E-state index contributed by atoms with van der Waals surface area (Å²) in [4.78, 5) is 11.8. The first-order chi connectivity index (χ1) is 8.56. The van der Waals surface area contributed by atoms with Crippen molar-refractivity contribution in [1.82, 2.24) is 10.6 Å². The molecule has 6 heteroatoms. The topological polar surface area (TPSA) is 67.1 Å². The van der Waals surface area contributed by atoms with Crippen LogP contribution in [0.1, 0.15) is 12.0 Å². The highest BCUT2D eigenvalue weighted by Gasteiger charge is 2.26. The van der Waals surface area contributed by atoms with Gasteiger partial charge >= 0.3 is 0 Å². The quantitative estimate of drug-likeness (QED) is 0.761. The lowest BCUT2D eigenvalue weighted by Gasteiger charge is -2.11. The standard InChI is InChI=1S/C12H15ClFN3O/c13-9-3-7(1-2-10(9)14)5-17-12(18)11-4-8(15)6-16-11/h1-3,8,11,16H,4-6,15H2,(H,17,18)/t8-,11-/m0/s1. The molecule has 1 aliphatic rings. The Balaban J connectivity index is 1.87. The number of rotatable bonds is 3. The molecule has 1 aliphatic heterocycles. The maximum Gasteiger partial charge on any atom is 0.237 e. The molecule has 1 aromatic carbocycles. The van der Waals surface area contributed by atoms with Gasteiger partial charge in [-0.2, -0.15) is 0 Å². The van der Waals surface area contributed by atoms with Crippen LogP contribution in [0.3, 0.4) is 0 Å². The molecule has 0 spiro atoms. The van der Waals surface area contributed by atoms with Gasteiger partial charge in [-0.25, -0.2) is 4.39 Å². The van der Waals surface area contributed by atoms with Crippen LogP contribution in [0.5, 0.6) is 0 Å². The van der Waals surface area contributed by atoms with Crippen molar-refractivity contribution in [3.63, 3.8) is 0 Å². The number of nitrogens with one attached hydrogen (secondary N) is 2. The average Bonchev–Trinajstić information content (AvgIpc) is 2.77. The molecular formula is C12H15ClFN3O. The van der Waals surface area contributed by atoms with E-state index in [2.05, 4.69) is 10.6 Å². The minimum atomic E-state index is -0.463. The SMILES string of the molecule is N[C@@H]1CN[C@H](C(=O)NCc2ccc(F)c(Cl)c2)C1. The Morgan fingerprint density at radius 2 is 2.39 bits per heavy atom. The summed E-state index contributed by atoms with van der Waals surface area (Å²) in [6.07, 6.45) is 0.635. The van der Waals surface area contributed by atoms with Crippen LogP contribution >= 0.6 is 11.6 Å². The predicted octanol–water partition coefficient (Wildman–Crippen LogP) is 0.785. The average molecular weight is 272 g/mol. The van der Waals surface area contributed by atoms with Gasteiger partial charge in [0.25, 0.3) is 0 Å². The zero-order valence-corrected chi connectivity index (χ0v) is 10.5. The van der Waals surface area contributed by atoms with Gasteiger partial charge in [-0.05, 0) is 24.1 Å². The van der Waals surface area contributed by atoms with E-state index in [1.165, 1.54) is 12.1 Å². The van der Waals surface area contributed by atoms with E-state index in [4.69, 9.17) is 17.3 Å². The number of benzene rings is 1. The molecule has 1 amide bonds. The Bertz CT molecular complexity index is 455. The molecule has 1 aromatic rings. The molecular weight excluding hydrogens is 257 g/mol. The second-order valence-corrected chi connectivity index (χ2v) is 4.83. The van der Waals surface area contributed by atoms with Crippen LogP contribution in [-0.4, -0.2) is 24.5 Å². The molecule has 4 N–H and O–H groups in total. The second-order valence-electron chi connectivity index (χ2n) is 4.42. The number of hydrogen-bond donors (Lipinski definition) is 3. The molecule has 18 heavy (non-hydrogen) atoms. The first-order valence-corrected chi connectivity index (χ1v) is 6.14. The monoisotopic (exact) mass is 271 g/mol. The van der Waals surface area contributed by atoms with E-state index in [0.29, 0.717) is 19.5 Å². The van der Waals surface area contributed by atoms with Gasteiger partial charge in [0.1, 0.15) is 5.82 Å². The number of carbonyl (C=O) groups is 1. The van der Waals surface area contributed by atoms with E-state index in [1.807, 2.05) is 0 Å². The van der Waals surface area contributed by atoms with Crippen LogP contribution in [0, 0.1) is 5.82 Å². The maximum atomic E-state index is 12.9. The zero-order chi connectivity index (χ0) is 13.1. The molecule has 0 aromatic heterocycles. The van der Waals surface area contributed by atoms with Crippen LogP contribution in [0.15, 0.2) is 18.2 Å². The number of halogens is 2. The van der Waals surface area contributed by atoms with Gasteiger partial charge in [0, 0.05) is 19.1 Å². The lowest BCUT2D eigenvalue weighted by Crippen LogP contribution is -2.40. The molecule has 1 heterocycles. The lowest BCUT2D eigenvalue weighted by molar-refractivity contribution is -0.122. The van der Waals surface area contributed by atoms with Crippen molar-refractivity contribution in [3.8, 4) is 0 Å². The van der Waals surface area contributed by atoms with Crippen molar-refractivity contribution in [2.75, 3.05) is 6.54 Å². The number of carbonyl (C=O) groups excluding carboxylic acids is 1. The van der Waals surface area contributed by atoms with Crippen LogP contribution in [0.2, 0.25) is 5.02 Å². The van der Waals surface area contributed by atoms with E-state index >= 15 is 0 Å². The van der Waals surface area contributed by atoms with Gasteiger partial charge in [0.2, 0.25) is 5.91 Å². The molecule has 4 nitrogen and oxygen atoms in total. The fourth-order valence-electron chi connectivity index (χ4n) is 1.92. The summed E-state index contributed by atoms with van der Waals surface area (Å²) in [5.41, 5.74) is 6.47. The highest BCUT2D eigenvalue weighted by molar-refractivity contribution is 6.30. The third-order valence-corrected chi connectivity index (χ3v) is 3.22. The van der Waals surface area contributed by atoms with E-state index in [-0.39, 0.29) is 23.0 Å².